The molecule has 0 spiro atoms. The van der Waals surface area contributed by atoms with E-state index in [9.17, 15) is 8.42 Å². The molecular formula is C11H20N2O2S. The Morgan fingerprint density at radius 3 is 2.62 bits per heavy atom. The summed E-state index contributed by atoms with van der Waals surface area (Å²) < 4.78 is 27.7. The van der Waals surface area contributed by atoms with Crippen LogP contribution >= 0.6 is 0 Å². The smallest absolute Gasteiger partial charge is 0.202 e. The molecule has 1 heterocycles. The average molecular weight is 244 g/mol. The maximum absolute atomic E-state index is 11.8. The van der Waals surface area contributed by atoms with Crippen LogP contribution < -0.4 is 4.72 Å². The van der Waals surface area contributed by atoms with Gasteiger partial charge in [0.2, 0.25) is 0 Å². The number of piperidine rings is 1. The van der Waals surface area contributed by atoms with Gasteiger partial charge in [-0.05, 0) is 25.2 Å². The largest absolute Gasteiger partial charge is 0.279 e. The van der Waals surface area contributed by atoms with Crippen LogP contribution in [0.1, 0.15) is 32.6 Å². The normalized spacial score (nSPS) is 19.5. The third kappa shape index (κ3) is 4.12. The zero-order valence-electron chi connectivity index (χ0n) is 9.78. The summed E-state index contributed by atoms with van der Waals surface area (Å²) in [6.07, 6.45) is 8.30. The van der Waals surface area contributed by atoms with Crippen LogP contribution in [0.4, 0.5) is 0 Å². The Morgan fingerprint density at radius 1 is 1.44 bits per heavy atom. The van der Waals surface area contributed by atoms with Crippen molar-refractivity contribution in [1.29, 1.82) is 0 Å². The molecule has 1 aliphatic rings. The van der Waals surface area contributed by atoms with E-state index in [1.165, 1.54) is 4.31 Å². The lowest BCUT2D eigenvalue weighted by atomic mass is 10.0. The molecule has 0 aromatic carbocycles. The van der Waals surface area contributed by atoms with Crippen LogP contribution in [0.5, 0.6) is 0 Å². The van der Waals surface area contributed by atoms with E-state index in [0.29, 0.717) is 38.4 Å². The molecule has 0 aliphatic carbocycles. The van der Waals surface area contributed by atoms with Crippen molar-refractivity contribution in [3.63, 3.8) is 0 Å². The molecule has 0 atom stereocenters. The van der Waals surface area contributed by atoms with Gasteiger partial charge < -0.3 is 0 Å². The summed E-state index contributed by atoms with van der Waals surface area (Å²) in [6.45, 7) is 3.85. The molecule has 0 bridgehead atoms. The Balaban J connectivity index is 2.36. The highest BCUT2D eigenvalue weighted by atomic mass is 32.2. The third-order valence-corrected chi connectivity index (χ3v) is 4.48. The van der Waals surface area contributed by atoms with Crippen LogP contribution in [0.3, 0.4) is 0 Å². The summed E-state index contributed by atoms with van der Waals surface area (Å²) >= 11 is 0. The number of unbranched alkanes of at least 4 members (excludes halogenated alkanes) is 1. The molecule has 1 aliphatic heterocycles. The predicted molar refractivity (Wildman–Crippen MR) is 65.0 cm³/mol. The first-order valence-corrected chi connectivity index (χ1v) is 7.18. The van der Waals surface area contributed by atoms with E-state index in [4.69, 9.17) is 6.42 Å². The van der Waals surface area contributed by atoms with Crippen molar-refractivity contribution < 1.29 is 8.42 Å². The van der Waals surface area contributed by atoms with Crippen LogP contribution in [-0.4, -0.2) is 32.4 Å². The van der Waals surface area contributed by atoms with Gasteiger partial charge in [-0.2, -0.15) is 12.7 Å². The summed E-state index contributed by atoms with van der Waals surface area (Å²) in [5, 5.41) is 0. The quantitative estimate of drug-likeness (QED) is 0.578. The average Bonchev–Trinajstić information content (AvgIpc) is 2.25. The van der Waals surface area contributed by atoms with Gasteiger partial charge in [0.15, 0.2) is 0 Å². The van der Waals surface area contributed by atoms with Gasteiger partial charge in [0.1, 0.15) is 0 Å². The molecule has 0 radical (unpaired) electrons. The fraction of sp³-hybridized carbons (Fsp3) is 0.818. The van der Waals surface area contributed by atoms with Gasteiger partial charge in [0.05, 0.1) is 0 Å². The van der Waals surface area contributed by atoms with E-state index >= 15 is 0 Å². The van der Waals surface area contributed by atoms with Crippen molar-refractivity contribution >= 4 is 10.2 Å². The molecule has 5 heteroatoms. The topological polar surface area (TPSA) is 49.4 Å². The van der Waals surface area contributed by atoms with E-state index < -0.39 is 10.2 Å². The Kier molecular flexibility index (Phi) is 5.26. The molecule has 1 fully saturated rings. The minimum Gasteiger partial charge on any atom is -0.202 e. The molecule has 0 aromatic rings. The first-order valence-electron chi connectivity index (χ1n) is 5.74. The fourth-order valence-electron chi connectivity index (χ4n) is 1.71. The first kappa shape index (κ1) is 13.5. The Hall–Kier alpha value is -0.570. The van der Waals surface area contributed by atoms with Crippen molar-refractivity contribution in [3.8, 4) is 12.3 Å². The maximum Gasteiger partial charge on any atom is 0.279 e. The van der Waals surface area contributed by atoms with E-state index in [-0.39, 0.29) is 0 Å². The number of nitrogens with one attached hydrogen (secondary N) is 1. The number of rotatable bonds is 5. The van der Waals surface area contributed by atoms with Crippen molar-refractivity contribution in [2.45, 2.75) is 32.6 Å². The highest BCUT2D eigenvalue weighted by Crippen LogP contribution is 2.17. The Bertz CT molecular complexity index is 337. The molecule has 0 amide bonds. The predicted octanol–water partition coefficient (Wildman–Crippen LogP) is 0.966. The fourth-order valence-corrected chi connectivity index (χ4v) is 2.98. The number of terminal acetylenes is 1. The van der Waals surface area contributed by atoms with Crippen LogP contribution in [0.2, 0.25) is 0 Å². The molecule has 0 saturated carbocycles. The highest BCUT2D eigenvalue weighted by molar-refractivity contribution is 7.87. The molecule has 0 unspecified atom stereocenters. The molecule has 1 saturated heterocycles. The van der Waals surface area contributed by atoms with Gasteiger partial charge in [0, 0.05) is 26.1 Å². The number of hydrogen-bond acceptors (Lipinski definition) is 2. The SMILES string of the molecule is C#CCCCNS(=O)(=O)N1CCC(C)CC1. The number of nitrogens with zero attached hydrogens (tertiary/aromatic N) is 1. The maximum atomic E-state index is 11.8. The van der Waals surface area contributed by atoms with Crippen molar-refractivity contribution in [3.05, 3.63) is 0 Å². The molecule has 16 heavy (non-hydrogen) atoms. The molecular weight excluding hydrogens is 224 g/mol. The van der Waals surface area contributed by atoms with E-state index in [1.807, 2.05) is 0 Å². The van der Waals surface area contributed by atoms with E-state index in [1.54, 1.807) is 0 Å². The van der Waals surface area contributed by atoms with Gasteiger partial charge in [-0.15, -0.1) is 12.3 Å². The minimum atomic E-state index is -3.27. The van der Waals surface area contributed by atoms with Crippen LogP contribution in [-0.2, 0) is 10.2 Å². The standard InChI is InChI=1S/C11H20N2O2S/c1-3-4-5-8-12-16(14,15)13-9-6-11(2)7-10-13/h1,11-12H,4-10H2,2H3. The third-order valence-electron chi connectivity index (χ3n) is 2.86. The zero-order valence-corrected chi connectivity index (χ0v) is 10.6. The van der Waals surface area contributed by atoms with Crippen molar-refractivity contribution in [2.75, 3.05) is 19.6 Å². The lowest BCUT2D eigenvalue weighted by molar-refractivity contribution is 0.285. The van der Waals surface area contributed by atoms with Crippen LogP contribution in [0, 0.1) is 18.3 Å². The molecule has 92 valence electrons. The van der Waals surface area contributed by atoms with Gasteiger partial charge in [-0.25, -0.2) is 4.72 Å². The van der Waals surface area contributed by atoms with Crippen LogP contribution in [0.15, 0.2) is 0 Å². The summed E-state index contributed by atoms with van der Waals surface area (Å²) in [4.78, 5) is 0. The summed E-state index contributed by atoms with van der Waals surface area (Å²) in [5.41, 5.74) is 0. The molecule has 1 rings (SSSR count). The summed E-state index contributed by atoms with van der Waals surface area (Å²) in [7, 11) is -3.27. The van der Waals surface area contributed by atoms with Crippen LogP contribution in [0.25, 0.3) is 0 Å². The summed E-state index contributed by atoms with van der Waals surface area (Å²) in [6, 6.07) is 0. The van der Waals surface area contributed by atoms with Gasteiger partial charge in [0.25, 0.3) is 10.2 Å². The first-order chi connectivity index (χ1) is 7.56. The lowest BCUT2D eigenvalue weighted by Gasteiger charge is -2.29. The zero-order chi connectivity index (χ0) is 12.0. The van der Waals surface area contributed by atoms with E-state index in [0.717, 1.165) is 12.8 Å². The Morgan fingerprint density at radius 2 is 2.06 bits per heavy atom. The molecule has 1 N–H and O–H groups in total. The van der Waals surface area contributed by atoms with E-state index in [2.05, 4.69) is 17.6 Å². The van der Waals surface area contributed by atoms with Crippen molar-refractivity contribution in [2.24, 2.45) is 5.92 Å². The van der Waals surface area contributed by atoms with Gasteiger partial charge in [-0.1, -0.05) is 6.92 Å². The second kappa shape index (κ2) is 6.24. The highest BCUT2D eigenvalue weighted by Gasteiger charge is 2.25. The summed E-state index contributed by atoms with van der Waals surface area (Å²) in [5.74, 6) is 3.12. The van der Waals surface area contributed by atoms with Gasteiger partial charge in [-0.3, -0.25) is 0 Å². The second-order valence-electron chi connectivity index (χ2n) is 4.29. The molecule has 0 aromatic heterocycles. The Labute approximate surface area is 98.6 Å². The minimum absolute atomic E-state index is 0.429. The number of hydrogen-bond donors (Lipinski definition) is 1. The van der Waals surface area contributed by atoms with Crippen molar-refractivity contribution in [1.82, 2.24) is 9.03 Å². The monoisotopic (exact) mass is 244 g/mol. The second-order valence-corrected chi connectivity index (χ2v) is 6.04. The van der Waals surface area contributed by atoms with Gasteiger partial charge >= 0.3 is 0 Å². The lowest BCUT2D eigenvalue weighted by Crippen LogP contribution is -2.44. The molecule has 4 nitrogen and oxygen atoms in total.